The van der Waals surface area contributed by atoms with E-state index >= 15 is 0 Å². The first-order valence-corrected chi connectivity index (χ1v) is 10.9. The van der Waals surface area contributed by atoms with Crippen LogP contribution in [0.5, 0.6) is 5.75 Å². The summed E-state index contributed by atoms with van der Waals surface area (Å²) < 4.78 is 11.0. The van der Waals surface area contributed by atoms with E-state index in [1.165, 1.54) is 11.1 Å². The van der Waals surface area contributed by atoms with Gasteiger partial charge in [0, 0.05) is 62.2 Å². The average molecular weight is 425 g/mol. The van der Waals surface area contributed by atoms with E-state index in [-0.39, 0.29) is 5.63 Å². The first-order chi connectivity index (χ1) is 14.5. The normalized spacial score (nSPS) is 17.3. The predicted molar refractivity (Wildman–Crippen MR) is 118 cm³/mol. The molecule has 3 heterocycles. The topological polar surface area (TPSA) is 45.9 Å². The molecule has 0 amide bonds. The second-order valence-corrected chi connectivity index (χ2v) is 8.69. The zero-order chi connectivity index (χ0) is 20.7. The summed E-state index contributed by atoms with van der Waals surface area (Å²) in [5.41, 5.74) is 4.88. The lowest BCUT2D eigenvalue weighted by Gasteiger charge is -2.35. The molecule has 5 nitrogen and oxygen atoms in total. The van der Waals surface area contributed by atoms with Gasteiger partial charge in [-0.15, -0.1) is 0 Å². The number of piperazine rings is 1. The van der Waals surface area contributed by atoms with Crippen molar-refractivity contribution in [2.45, 2.75) is 26.4 Å². The summed E-state index contributed by atoms with van der Waals surface area (Å²) in [4.78, 5) is 16.9. The highest BCUT2D eigenvalue weighted by Crippen LogP contribution is 2.28. The molecule has 2 aromatic carbocycles. The molecule has 0 saturated carbocycles. The van der Waals surface area contributed by atoms with Crippen molar-refractivity contribution >= 4 is 22.6 Å². The standard InChI is InChI=1S/C24H25ClN2O3/c1-16-10-23-20(13-21(16)25)19(12-24(28)30-23)15-27-7-5-26(6-8-27)14-17-2-3-22-18(11-17)4-9-29-22/h2-3,10-13H,4-9,14-15H2,1H3. The van der Waals surface area contributed by atoms with Gasteiger partial charge < -0.3 is 9.15 Å². The summed E-state index contributed by atoms with van der Waals surface area (Å²) in [7, 11) is 0. The SMILES string of the molecule is Cc1cc2oc(=O)cc(CN3CCN(Cc4ccc5c(c4)CCO5)CC3)c2cc1Cl. The molecule has 1 saturated heterocycles. The minimum atomic E-state index is -0.307. The Morgan fingerprint density at radius 2 is 1.77 bits per heavy atom. The summed E-state index contributed by atoms with van der Waals surface area (Å²) in [5, 5.41) is 1.62. The van der Waals surface area contributed by atoms with E-state index in [9.17, 15) is 4.79 Å². The van der Waals surface area contributed by atoms with Gasteiger partial charge in [0.25, 0.3) is 0 Å². The molecule has 2 aliphatic rings. The van der Waals surface area contributed by atoms with Crippen LogP contribution in [0.15, 0.2) is 45.6 Å². The Hall–Kier alpha value is -2.34. The second kappa shape index (κ2) is 8.06. The first-order valence-electron chi connectivity index (χ1n) is 10.5. The number of benzene rings is 2. The third-order valence-electron chi connectivity index (χ3n) is 6.13. The second-order valence-electron chi connectivity index (χ2n) is 8.28. The van der Waals surface area contributed by atoms with Crippen LogP contribution in [0.25, 0.3) is 11.0 Å². The zero-order valence-corrected chi connectivity index (χ0v) is 17.9. The maximum Gasteiger partial charge on any atom is 0.336 e. The molecule has 6 heteroatoms. The molecule has 5 rings (SSSR count). The maximum atomic E-state index is 12.0. The van der Waals surface area contributed by atoms with E-state index < -0.39 is 0 Å². The summed E-state index contributed by atoms with van der Waals surface area (Å²) in [6.45, 7) is 8.36. The molecular weight excluding hydrogens is 400 g/mol. The van der Waals surface area contributed by atoms with Gasteiger partial charge in [0.1, 0.15) is 11.3 Å². The number of hydrogen-bond donors (Lipinski definition) is 0. The molecule has 30 heavy (non-hydrogen) atoms. The number of rotatable bonds is 4. The molecule has 2 aliphatic heterocycles. The average Bonchev–Trinajstić information content (AvgIpc) is 3.19. The van der Waals surface area contributed by atoms with Crippen molar-refractivity contribution in [3.63, 3.8) is 0 Å². The molecule has 3 aromatic rings. The minimum Gasteiger partial charge on any atom is -0.493 e. The Balaban J connectivity index is 1.25. The fraction of sp³-hybridized carbons (Fsp3) is 0.375. The lowest BCUT2D eigenvalue weighted by molar-refractivity contribution is 0.122. The fourth-order valence-electron chi connectivity index (χ4n) is 4.42. The van der Waals surface area contributed by atoms with Crippen LogP contribution in [0, 0.1) is 6.92 Å². The molecule has 0 aliphatic carbocycles. The van der Waals surface area contributed by atoms with Crippen molar-refractivity contribution in [1.82, 2.24) is 9.80 Å². The van der Waals surface area contributed by atoms with E-state index in [1.54, 1.807) is 6.07 Å². The van der Waals surface area contributed by atoms with Gasteiger partial charge >= 0.3 is 5.63 Å². The number of halogens is 1. The monoisotopic (exact) mass is 424 g/mol. The van der Waals surface area contributed by atoms with Crippen LogP contribution in [0.3, 0.4) is 0 Å². The Bertz CT molecular complexity index is 1150. The molecule has 0 atom stereocenters. The highest BCUT2D eigenvalue weighted by molar-refractivity contribution is 6.32. The third-order valence-corrected chi connectivity index (χ3v) is 6.54. The van der Waals surface area contributed by atoms with E-state index in [2.05, 4.69) is 28.0 Å². The first kappa shape index (κ1) is 19.6. The van der Waals surface area contributed by atoms with Crippen molar-refractivity contribution in [3.8, 4) is 5.75 Å². The molecule has 0 spiro atoms. The van der Waals surface area contributed by atoms with Crippen molar-refractivity contribution in [2.75, 3.05) is 32.8 Å². The number of nitrogens with zero attached hydrogens (tertiary/aromatic N) is 2. The van der Waals surface area contributed by atoms with E-state index in [1.807, 2.05) is 19.1 Å². The predicted octanol–water partition coefficient (Wildman–Crippen LogP) is 4.01. The quantitative estimate of drug-likeness (QED) is 0.592. The lowest BCUT2D eigenvalue weighted by atomic mass is 10.1. The zero-order valence-electron chi connectivity index (χ0n) is 17.1. The van der Waals surface area contributed by atoms with Gasteiger partial charge in [0.05, 0.1) is 6.61 Å². The molecule has 0 unspecified atom stereocenters. The van der Waals surface area contributed by atoms with Gasteiger partial charge in [-0.05, 0) is 47.4 Å². The van der Waals surface area contributed by atoms with Crippen LogP contribution in [-0.2, 0) is 19.5 Å². The number of aryl methyl sites for hydroxylation is 1. The number of fused-ring (bicyclic) bond motifs is 2. The summed E-state index contributed by atoms with van der Waals surface area (Å²) >= 11 is 6.33. The van der Waals surface area contributed by atoms with Crippen molar-refractivity contribution in [2.24, 2.45) is 0 Å². The lowest BCUT2D eigenvalue weighted by Crippen LogP contribution is -2.45. The number of hydrogen-bond acceptors (Lipinski definition) is 5. The van der Waals surface area contributed by atoms with Gasteiger partial charge in [0.2, 0.25) is 0 Å². The van der Waals surface area contributed by atoms with Crippen molar-refractivity contribution in [1.29, 1.82) is 0 Å². The molecule has 1 fully saturated rings. The highest BCUT2D eigenvalue weighted by atomic mass is 35.5. The highest BCUT2D eigenvalue weighted by Gasteiger charge is 2.20. The molecule has 1 aromatic heterocycles. The van der Waals surface area contributed by atoms with E-state index in [4.69, 9.17) is 20.8 Å². The van der Waals surface area contributed by atoms with Crippen LogP contribution < -0.4 is 10.4 Å². The number of ether oxygens (including phenoxy) is 1. The Kier molecular flexibility index (Phi) is 5.27. The van der Waals surface area contributed by atoms with Crippen LogP contribution in [0.4, 0.5) is 0 Å². The molecule has 156 valence electrons. The molecule has 0 bridgehead atoms. The van der Waals surface area contributed by atoms with Crippen LogP contribution in [-0.4, -0.2) is 42.6 Å². The largest absolute Gasteiger partial charge is 0.493 e. The van der Waals surface area contributed by atoms with Gasteiger partial charge in [-0.3, -0.25) is 9.80 Å². The van der Waals surface area contributed by atoms with Crippen LogP contribution in [0.2, 0.25) is 5.02 Å². The molecule has 0 N–H and O–H groups in total. The van der Waals surface area contributed by atoms with E-state index in [0.29, 0.717) is 10.6 Å². The van der Waals surface area contributed by atoms with Crippen molar-refractivity contribution < 1.29 is 9.15 Å². The van der Waals surface area contributed by atoms with Gasteiger partial charge in [-0.2, -0.15) is 0 Å². The van der Waals surface area contributed by atoms with Crippen LogP contribution in [0.1, 0.15) is 22.3 Å². The third kappa shape index (κ3) is 3.97. The molecule has 0 radical (unpaired) electrons. The Morgan fingerprint density at radius 3 is 2.57 bits per heavy atom. The smallest absolute Gasteiger partial charge is 0.336 e. The Labute approximate surface area is 180 Å². The van der Waals surface area contributed by atoms with Crippen LogP contribution >= 0.6 is 11.6 Å². The summed E-state index contributed by atoms with van der Waals surface area (Å²) in [6, 6.07) is 11.9. The van der Waals surface area contributed by atoms with Gasteiger partial charge in [-0.1, -0.05) is 23.7 Å². The molecular formula is C24H25ClN2O3. The summed E-state index contributed by atoms with van der Waals surface area (Å²) in [5.74, 6) is 1.04. The van der Waals surface area contributed by atoms with E-state index in [0.717, 1.165) is 74.6 Å². The van der Waals surface area contributed by atoms with Gasteiger partial charge in [0.15, 0.2) is 0 Å². The van der Waals surface area contributed by atoms with Gasteiger partial charge in [-0.25, -0.2) is 4.79 Å². The van der Waals surface area contributed by atoms with Crippen molar-refractivity contribution in [3.05, 3.63) is 74.1 Å². The fourth-order valence-corrected chi connectivity index (χ4v) is 4.59. The summed E-state index contributed by atoms with van der Waals surface area (Å²) in [6.07, 6.45) is 1.01. The maximum absolute atomic E-state index is 12.0. The minimum absolute atomic E-state index is 0.307. The Morgan fingerprint density at radius 1 is 1.00 bits per heavy atom.